The molecule has 0 heterocycles. The molecule has 0 saturated carbocycles. The van der Waals surface area contributed by atoms with Crippen molar-refractivity contribution in [1.29, 1.82) is 0 Å². The second kappa shape index (κ2) is 6.26. The summed E-state index contributed by atoms with van der Waals surface area (Å²) in [4.78, 5) is 10.8. The average molecular weight is 253 g/mol. The Morgan fingerprint density at radius 2 is 2.11 bits per heavy atom. The highest BCUT2D eigenvalue weighted by molar-refractivity contribution is 5.77. The molecular formula is C13H19NO4. The number of carboxylic acids is 1. The van der Waals surface area contributed by atoms with Crippen molar-refractivity contribution in [3.8, 4) is 11.5 Å². The molecule has 1 rings (SSSR count). The minimum atomic E-state index is -1.20. The molecule has 5 nitrogen and oxygen atoms in total. The molecule has 1 unspecified atom stereocenters. The van der Waals surface area contributed by atoms with Gasteiger partial charge in [-0.3, -0.25) is 4.79 Å². The molecule has 100 valence electrons. The van der Waals surface area contributed by atoms with Gasteiger partial charge < -0.3 is 20.3 Å². The molecule has 0 spiro atoms. The molecular weight excluding hydrogens is 234 g/mol. The Morgan fingerprint density at radius 3 is 2.72 bits per heavy atom. The maximum absolute atomic E-state index is 10.8. The third-order valence-electron chi connectivity index (χ3n) is 2.64. The SMILES string of the molecule is COc1cccc(OCCCC(C)(N)C(=O)O)c1. The minimum absolute atomic E-state index is 0.367. The van der Waals surface area contributed by atoms with Gasteiger partial charge in [0.1, 0.15) is 17.0 Å². The lowest BCUT2D eigenvalue weighted by Crippen LogP contribution is -2.44. The van der Waals surface area contributed by atoms with Crippen LogP contribution in [0.25, 0.3) is 0 Å². The maximum Gasteiger partial charge on any atom is 0.323 e. The van der Waals surface area contributed by atoms with Gasteiger partial charge in [0, 0.05) is 6.07 Å². The fourth-order valence-electron chi connectivity index (χ4n) is 1.43. The zero-order valence-corrected chi connectivity index (χ0v) is 10.7. The molecule has 0 radical (unpaired) electrons. The van der Waals surface area contributed by atoms with Crippen LogP contribution in [0.5, 0.6) is 11.5 Å². The number of rotatable bonds is 7. The molecule has 5 heteroatoms. The molecule has 0 aromatic heterocycles. The molecule has 0 bridgehead atoms. The van der Waals surface area contributed by atoms with E-state index in [9.17, 15) is 4.79 Å². The molecule has 0 fully saturated rings. The Kier molecular flexibility index (Phi) is 4.97. The lowest BCUT2D eigenvalue weighted by molar-refractivity contribution is -0.142. The quantitative estimate of drug-likeness (QED) is 0.722. The van der Waals surface area contributed by atoms with Gasteiger partial charge in [-0.05, 0) is 31.9 Å². The van der Waals surface area contributed by atoms with E-state index in [0.29, 0.717) is 25.2 Å². The van der Waals surface area contributed by atoms with Crippen LogP contribution in [0.2, 0.25) is 0 Å². The highest BCUT2D eigenvalue weighted by atomic mass is 16.5. The van der Waals surface area contributed by atoms with Crippen molar-refractivity contribution in [1.82, 2.24) is 0 Å². The Morgan fingerprint density at radius 1 is 1.44 bits per heavy atom. The van der Waals surface area contributed by atoms with Crippen molar-refractivity contribution in [2.24, 2.45) is 5.73 Å². The lowest BCUT2D eigenvalue weighted by atomic mass is 9.98. The zero-order chi connectivity index (χ0) is 13.6. The van der Waals surface area contributed by atoms with Gasteiger partial charge in [0.15, 0.2) is 0 Å². The van der Waals surface area contributed by atoms with E-state index >= 15 is 0 Å². The summed E-state index contributed by atoms with van der Waals surface area (Å²) in [6.45, 7) is 1.92. The summed E-state index contributed by atoms with van der Waals surface area (Å²) in [6, 6.07) is 7.26. The summed E-state index contributed by atoms with van der Waals surface area (Å²) in [5.74, 6) is 0.425. The first-order valence-electron chi connectivity index (χ1n) is 5.75. The van der Waals surface area contributed by atoms with Gasteiger partial charge in [0.05, 0.1) is 13.7 Å². The summed E-state index contributed by atoms with van der Waals surface area (Å²) in [5, 5.41) is 8.84. The monoisotopic (exact) mass is 253 g/mol. The van der Waals surface area contributed by atoms with Gasteiger partial charge in [-0.25, -0.2) is 0 Å². The van der Waals surface area contributed by atoms with Crippen molar-refractivity contribution < 1.29 is 19.4 Å². The van der Waals surface area contributed by atoms with E-state index < -0.39 is 11.5 Å². The summed E-state index contributed by atoms with van der Waals surface area (Å²) < 4.78 is 10.6. The van der Waals surface area contributed by atoms with Gasteiger partial charge in [-0.15, -0.1) is 0 Å². The van der Waals surface area contributed by atoms with Crippen LogP contribution in [0.1, 0.15) is 19.8 Å². The van der Waals surface area contributed by atoms with E-state index in [1.54, 1.807) is 13.2 Å². The van der Waals surface area contributed by atoms with Crippen LogP contribution in [-0.4, -0.2) is 30.3 Å². The van der Waals surface area contributed by atoms with Crippen LogP contribution in [0.3, 0.4) is 0 Å². The summed E-state index contributed by atoms with van der Waals surface area (Å²) in [7, 11) is 1.59. The first kappa shape index (κ1) is 14.3. The normalized spacial score (nSPS) is 13.7. The maximum atomic E-state index is 10.8. The van der Waals surface area contributed by atoms with Crippen molar-refractivity contribution in [2.75, 3.05) is 13.7 Å². The molecule has 1 aromatic carbocycles. The van der Waals surface area contributed by atoms with Crippen molar-refractivity contribution in [3.63, 3.8) is 0 Å². The smallest absolute Gasteiger partial charge is 0.323 e. The first-order chi connectivity index (χ1) is 8.45. The van der Waals surface area contributed by atoms with Crippen LogP contribution >= 0.6 is 0 Å². The Labute approximate surface area is 107 Å². The molecule has 0 saturated heterocycles. The van der Waals surface area contributed by atoms with E-state index in [-0.39, 0.29) is 0 Å². The molecule has 0 aliphatic heterocycles. The molecule has 1 atom stereocenters. The fraction of sp³-hybridized carbons (Fsp3) is 0.462. The Balaban J connectivity index is 2.36. The van der Waals surface area contributed by atoms with E-state index in [1.807, 2.05) is 18.2 Å². The van der Waals surface area contributed by atoms with E-state index in [4.69, 9.17) is 20.3 Å². The zero-order valence-electron chi connectivity index (χ0n) is 10.7. The predicted octanol–water partition coefficient (Wildman–Crippen LogP) is 1.66. The Hall–Kier alpha value is -1.75. The minimum Gasteiger partial charge on any atom is -0.497 e. The van der Waals surface area contributed by atoms with E-state index in [1.165, 1.54) is 6.92 Å². The molecule has 18 heavy (non-hydrogen) atoms. The largest absolute Gasteiger partial charge is 0.497 e. The van der Waals surface area contributed by atoms with Crippen LogP contribution < -0.4 is 15.2 Å². The second-order valence-electron chi connectivity index (χ2n) is 4.35. The highest BCUT2D eigenvalue weighted by Crippen LogP contribution is 2.19. The summed E-state index contributed by atoms with van der Waals surface area (Å²) >= 11 is 0. The van der Waals surface area contributed by atoms with Crippen LogP contribution in [0.4, 0.5) is 0 Å². The molecule has 1 aromatic rings. The number of aliphatic carboxylic acids is 1. The third-order valence-corrected chi connectivity index (χ3v) is 2.64. The topological polar surface area (TPSA) is 81.8 Å². The molecule has 0 aliphatic carbocycles. The fourth-order valence-corrected chi connectivity index (χ4v) is 1.43. The molecule has 0 amide bonds. The lowest BCUT2D eigenvalue weighted by Gasteiger charge is -2.18. The van der Waals surface area contributed by atoms with Gasteiger partial charge >= 0.3 is 5.97 Å². The van der Waals surface area contributed by atoms with Gasteiger partial charge in [-0.1, -0.05) is 6.07 Å². The number of hydrogen-bond acceptors (Lipinski definition) is 4. The number of ether oxygens (including phenoxy) is 2. The number of hydrogen-bond donors (Lipinski definition) is 2. The van der Waals surface area contributed by atoms with Crippen LogP contribution in [0.15, 0.2) is 24.3 Å². The van der Waals surface area contributed by atoms with Gasteiger partial charge in [-0.2, -0.15) is 0 Å². The standard InChI is InChI=1S/C13H19NO4/c1-13(14,12(15)16)7-4-8-18-11-6-3-5-10(9-11)17-2/h3,5-6,9H,4,7-8,14H2,1-2H3,(H,15,16). The van der Waals surface area contributed by atoms with Crippen molar-refractivity contribution in [2.45, 2.75) is 25.3 Å². The van der Waals surface area contributed by atoms with E-state index in [2.05, 4.69) is 0 Å². The number of methoxy groups -OCH3 is 1. The average Bonchev–Trinajstić information content (AvgIpc) is 2.35. The second-order valence-corrected chi connectivity index (χ2v) is 4.35. The molecule has 0 aliphatic rings. The third kappa shape index (κ3) is 4.25. The van der Waals surface area contributed by atoms with Crippen molar-refractivity contribution in [3.05, 3.63) is 24.3 Å². The van der Waals surface area contributed by atoms with Gasteiger partial charge in [0.2, 0.25) is 0 Å². The van der Waals surface area contributed by atoms with Gasteiger partial charge in [0.25, 0.3) is 0 Å². The molecule has 3 N–H and O–H groups in total. The number of benzene rings is 1. The van der Waals surface area contributed by atoms with Crippen LogP contribution in [-0.2, 0) is 4.79 Å². The van der Waals surface area contributed by atoms with E-state index in [0.717, 1.165) is 5.75 Å². The Bertz CT molecular complexity index is 404. The highest BCUT2D eigenvalue weighted by Gasteiger charge is 2.26. The number of carboxylic acid groups (broad SMARTS) is 1. The number of nitrogens with two attached hydrogens (primary N) is 1. The summed E-state index contributed by atoms with van der Waals surface area (Å²) in [6.07, 6.45) is 0.947. The predicted molar refractivity (Wildman–Crippen MR) is 68.0 cm³/mol. The first-order valence-corrected chi connectivity index (χ1v) is 5.75. The van der Waals surface area contributed by atoms with Crippen molar-refractivity contribution >= 4 is 5.97 Å². The summed E-state index contributed by atoms with van der Waals surface area (Å²) in [5.41, 5.74) is 4.41. The van der Waals surface area contributed by atoms with Crippen LogP contribution in [0, 0.1) is 0 Å². The number of carbonyl (C=O) groups is 1.